The van der Waals surface area contributed by atoms with Gasteiger partial charge in [-0.3, -0.25) is 9.59 Å². The highest BCUT2D eigenvalue weighted by atomic mass is 16.2. The number of nitrogens with zero attached hydrogens (tertiary/aromatic N) is 1. The van der Waals surface area contributed by atoms with Crippen LogP contribution in [0.25, 0.3) is 0 Å². The molecule has 4 heteroatoms. The Bertz CT molecular complexity index is 398. The van der Waals surface area contributed by atoms with Crippen LogP contribution in [0.5, 0.6) is 0 Å². The van der Waals surface area contributed by atoms with E-state index >= 15 is 0 Å². The number of amides is 1. The first-order valence-electron chi connectivity index (χ1n) is 5.67. The topological polar surface area (TPSA) is 53.2 Å². The summed E-state index contributed by atoms with van der Waals surface area (Å²) in [7, 11) is 0. The smallest absolute Gasteiger partial charge is 0.254 e. The average Bonchev–Trinajstić information content (AvgIpc) is 2.29. The lowest BCUT2D eigenvalue weighted by Crippen LogP contribution is -2.32. The predicted octanol–water partition coefficient (Wildman–Crippen LogP) is 1.64. The Morgan fingerprint density at radius 2 is 2.19 bits per heavy atom. The van der Waals surface area contributed by atoms with Crippen molar-refractivity contribution in [2.75, 3.05) is 13.1 Å². The second kappa shape index (κ2) is 6.10. The molecule has 16 heavy (non-hydrogen) atoms. The molecule has 0 saturated heterocycles. The minimum absolute atomic E-state index is 0.0675. The number of hydrogen-bond acceptors (Lipinski definition) is 2. The molecule has 1 N–H and O–H groups in total. The highest BCUT2D eigenvalue weighted by molar-refractivity contribution is 5.94. The van der Waals surface area contributed by atoms with Crippen molar-refractivity contribution in [3.8, 4) is 0 Å². The number of H-pyrrole nitrogens is 1. The standard InChI is InChI=1S/C12H18N2O2/c1-3-5-8-14(4-2)12(16)10-6-7-13-11(15)9-10/h6-7,9H,3-5,8H2,1-2H3,(H,13,15). The number of aromatic nitrogens is 1. The van der Waals surface area contributed by atoms with Crippen molar-refractivity contribution in [3.63, 3.8) is 0 Å². The highest BCUT2D eigenvalue weighted by Gasteiger charge is 2.13. The van der Waals surface area contributed by atoms with E-state index in [0.29, 0.717) is 12.1 Å². The second-order valence-corrected chi connectivity index (χ2v) is 3.68. The van der Waals surface area contributed by atoms with E-state index in [-0.39, 0.29) is 11.5 Å². The fourth-order valence-electron chi connectivity index (χ4n) is 1.51. The summed E-state index contributed by atoms with van der Waals surface area (Å²) in [4.78, 5) is 27.4. The number of carbonyl (C=O) groups excluding carboxylic acids is 1. The third-order valence-electron chi connectivity index (χ3n) is 2.47. The summed E-state index contributed by atoms with van der Waals surface area (Å²) in [5.74, 6) is -0.0675. The molecule has 88 valence electrons. The van der Waals surface area contributed by atoms with Crippen molar-refractivity contribution in [1.29, 1.82) is 0 Å². The number of aromatic amines is 1. The number of nitrogens with one attached hydrogen (secondary N) is 1. The lowest BCUT2D eigenvalue weighted by Gasteiger charge is -2.20. The fraction of sp³-hybridized carbons (Fsp3) is 0.500. The molecule has 0 fully saturated rings. The molecule has 0 aromatic carbocycles. The average molecular weight is 222 g/mol. The zero-order chi connectivity index (χ0) is 12.0. The molecule has 0 unspecified atom stereocenters. The maximum absolute atomic E-state index is 12.0. The monoisotopic (exact) mass is 222 g/mol. The zero-order valence-corrected chi connectivity index (χ0v) is 9.82. The Morgan fingerprint density at radius 3 is 2.75 bits per heavy atom. The lowest BCUT2D eigenvalue weighted by molar-refractivity contribution is 0.0762. The molecule has 0 aliphatic carbocycles. The van der Waals surface area contributed by atoms with Crippen molar-refractivity contribution in [2.24, 2.45) is 0 Å². The minimum Gasteiger partial charge on any atom is -0.339 e. The Hall–Kier alpha value is -1.58. The summed E-state index contributed by atoms with van der Waals surface area (Å²) in [6.45, 7) is 5.45. The molecular formula is C12H18N2O2. The van der Waals surface area contributed by atoms with Crippen molar-refractivity contribution in [1.82, 2.24) is 9.88 Å². The quantitative estimate of drug-likeness (QED) is 0.823. The van der Waals surface area contributed by atoms with Gasteiger partial charge in [0, 0.05) is 30.9 Å². The van der Waals surface area contributed by atoms with Crippen LogP contribution in [0.15, 0.2) is 23.1 Å². The van der Waals surface area contributed by atoms with Gasteiger partial charge in [-0.1, -0.05) is 13.3 Å². The molecule has 0 spiro atoms. The predicted molar refractivity (Wildman–Crippen MR) is 63.5 cm³/mol. The lowest BCUT2D eigenvalue weighted by atomic mass is 10.2. The first kappa shape index (κ1) is 12.5. The molecule has 0 bridgehead atoms. The molecule has 1 aromatic rings. The summed E-state index contributed by atoms with van der Waals surface area (Å²) in [5, 5.41) is 0. The Labute approximate surface area is 95.3 Å². The third-order valence-corrected chi connectivity index (χ3v) is 2.47. The summed E-state index contributed by atoms with van der Waals surface area (Å²) < 4.78 is 0. The fourth-order valence-corrected chi connectivity index (χ4v) is 1.51. The number of pyridine rings is 1. The van der Waals surface area contributed by atoms with E-state index in [0.717, 1.165) is 19.4 Å². The SMILES string of the molecule is CCCCN(CC)C(=O)c1cc[nH]c(=O)c1. The van der Waals surface area contributed by atoms with Gasteiger partial charge < -0.3 is 9.88 Å². The Morgan fingerprint density at radius 1 is 1.44 bits per heavy atom. The number of carbonyl (C=O) groups is 1. The van der Waals surface area contributed by atoms with E-state index in [4.69, 9.17) is 0 Å². The minimum atomic E-state index is -0.239. The molecule has 4 nitrogen and oxygen atoms in total. The van der Waals surface area contributed by atoms with Gasteiger partial charge in [0.2, 0.25) is 5.56 Å². The molecule has 0 aliphatic heterocycles. The number of hydrogen-bond donors (Lipinski definition) is 1. The summed E-state index contributed by atoms with van der Waals surface area (Å²) in [6, 6.07) is 2.98. The Balaban J connectivity index is 2.78. The summed E-state index contributed by atoms with van der Waals surface area (Å²) in [5.41, 5.74) is 0.221. The number of rotatable bonds is 5. The first-order chi connectivity index (χ1) is 7.69. The van der Waals surface area contributed by atoms with Gasteiger partial charge in [-0.25, -0.2) is 0 Å². The van der Waals surface area contributed by atoms with E-state index in [1.807, 2.05) is 6.92 Å². The van der Waals surface area contributed by atoms with Crippen LogP contribution in [-0.4, -0.2) is 28.9 Å². The molecule has 0 atom stereocenters. The largest absolute Gasteiger partial charge is 0.339 e. The van der Waals surface area contributed by atoms with Crippen LogP contribution < -0.4 is 5.56 Å². The van der Waals surface area contributed by atoms with Gasteiger partial charge in [0.25, 0.3) is 5.91 Å². The first-order valence-corrected chi connectivity index (χ1v) is 5.67. The van der Waals surface area contributed by atoms with E-state index in [1.54, 1.807) is 11.0 Å². The second-order valence-electron chi connectivity index (χ2n) is 3.68. The van der Waals surface area contributed by atoms with Gasteiger partial charge in [0.05, 0.1) is 0 Å². The molecule has 0 radical (unpaired) electrons. The number of unbranched alkanes of at least 4 members (excludes halogenated alkanes) is 1. The maximum atomic E-state index is 12.0. The van der Waals surface area contributed by atoms with Crippen LogP contribution in [0.3, 0.4) is 0 Å². The third kappa shape index (κ3) is 3.22. The van der Waals surface area contributed by atoms with Gasteiger partial charge in [-0.05, 0) is 19.4 Å². The van der Waals surface area contributed by atoms with Crippen molar-refractivity contribution in [2.45, 2.75) is 26.7 Å². The van der Waals surface area contributed by atoms with Gasteiger partial charge in [-0.15, -0.1) is 0 Å². The van der Waals surface area contributed by atoms with Gasteiger partial charge >= 0.3 is 0 Å². The zero-order valence-electron chi connectivity index (χ0n) is 9.82. The summed E-state index contributed by atoms with van der Waals surface area (Å²) >= 11 is 0. The molecule has 1 aromatic heterocycles. The van der Waals surface area contributed by atoms with Crippen molar-refractivity contribution in [3.05, 3.63) is 34.2 Å². The van der Waals surface area contributed by atoms with E-state index in [2.05, 4.69) is 11.9 Å². The summed E-state index contributed by atoms with van der Waals surface area (Å²) in [6.07, 6.45) is 3.55. The van der Waals surface area contributed by atoms with Gasteiger partial charge in [0.1, 0.15) is 0 Å². The molecular weight excluding hydrogens is 204 g/mol. The van der Waals surface area contributed by atoms with Crippen LogP contribution in [-0.2, 0) is 0 Å². The van der Waals surface area contributed by atoms with Crippen LogP contribution in [0.1, 0.15) is 37.0 Å². The van der Waals surface area contributed by atoms with Crippen LogP contribution in [0.2, 0.25) is 0 Å². The van der Waals surface area contributed by atoms with Crippen LogP contribution in [0, 0.1) is 0 Å². The molecule has 1 rings (SSSR count). The normalized spacial score (nSPS) is 10.1. The van der Waals surface area contributed by atoms with Crippen molar-refractivity contribution < 1.29 is 4.79 Å². The van der Waals surface area contributed by atoms with Crippen molar-refractivity contribution >= 4 is 5.91 Å². The molecule has 1 amide bonds. The van der Waals surface area contributed by atoms with E-state index in [1.165, 1.54) is 12.3 Å². The molecule has 1 heterocycles. The van der Waals surface area contributed by atoms with E-state index < -0.39 is 0 Å². The van der Waals surface area contributed by atoms with Crippen LogP contribution >= 0.6 is 0 Å². The molecule has 0 saturated carbocycles. The van der Waals surface area contributed by atoms with Crippen LogP contribution in [0.4, 0.5) is 0 Å². The molecule has 0 aliphatic rings. The van der Waals surface area contributed by atoms with Gasteiger partial charge in [0.15, 0.2) is 0 Å². The Kier molecular flexibility index (Phi) is 4.76. The maximum Gasteiger partial charge on any atom is 0.254 e. The van der Waals surface area contributed by atoms with Gasteiger partial charge in [-0.2, -0.15) is 0 Å². The highest BCUT2D eigenvalue weighted by Crippen LogP contribution is 2.03. The van der Waals surface area contributed by atoms with E-state index in [9.17, 15) is 9.59 Å².